The molecule has 6 nitrogen and oxygen atoms in total. The molecular weight excluding hydrogens is 292 g/mol. The first-order valence-electron chi connectivity index (χ1n) is 5.15. The number of nitrogen functional groups attached to an aromatic ring is 1. The molecule has 0 bridgehead atoms. The van der Waals surface area contributed by atoms with Crippen LogP contribution in [0.3, 0.4) is 0 Å². The van der Waals surface area contributed by atoms with E-state index in [1.54, 1.807) is 6.92 Å². The number of aromatic nitrogens is 2. The lowest BCUT2D eigenvalue weighted by Crippen LogP contribution is -2.30. The molecule has 0 atom stereocenters. The molecule has 0 unspecified atom stereocenters. The second kappa shape index (κ2) is 5.31. The highest BCUT2D eigenvalue weighted by molar-refractivity contribution is 7.91. The smallest absolute Gasteiger partial charge is 0.272 e. The monoisotopic (exact) mass is 304 g/mol. The van der Waals surface area contributed by atoms with Crippen LogP contribution in [-0.2, 0) is 16.6 Å². The number of nitrogens with two attached hydrogens (primary N) is 1. The molecule has 0 aliphatic carbocycles. The van der Waals surface area contributed by atoms with E-state index in [0.29, 0.717) is 13.1 Å². The third kappa shape index (κ3) is 2.69. The van der Waals surface area contributed by atoms with E-state index in [1.807, 2.05) is 17.5 Å². The highest BCUT2D eigenvalue weighted by atomic mass is 32.2. The van der Waals surface area contributed by atoms with E-state index in [0.717, 1.165) is 16.2 Å². The number of sulfonamides is 1. The summed E-state index contributed by atoms with van der Waals surface area (Å²) in [6, 6.07) is 3.79. The van der Waals surface area contributed by atoms with Gasteiger partial charge < -0.3 is 5.73 Å². The lowest BCUT2D eigenvalue weighted by atomic mass is 10.4. The Kier molecular flexibility index (Phi) is 3.95. The summed E-state index contributed by atoms with van der Waals surface area (Å²) in [5.41, 5.74) is 5.42. The van der Waals surface area contributed by atoms with Crippen molar-refractivity contribution in [1.29, 1.82) is 0 Å². The Morgan fingerprint density at radius 3 is 2.72 bits per heavy atom. The molecule has 98 valence electrons. The number of nitrogens with zero attached hydrogens (tertiary/aromatic N) is 3. The van der Waals surface area contributed by atoms with Gasteiger partial charge in [0.2, 0.25) is 9.47 Å². The van der Waals surface area contributed by atoms with E-state index in [-0.39, 0.29) is 9.47 Å². The average Bonchev–Trinajstić information content (AvgIpc) is 2.96. The van der Waals surface area contributed by atoms with Gasteiger partial charge in [0.25, 0.3) is 10.0 Å². The highest BCUT2D eigenvalue weighted by Crippen LogP contribution is 2.23. The number of anilines is 1. The first-order valence-corrected chi connectivity index (χ1v) is 8.29. The number of hydrogen-bond donors (Lipinski definition) is 1. The zero-order valence-corrected chi connectivity index (χ0v) is 12.1. The second-order valence-corrected chi connectivity index (χ2v) is 7.57. The van der Waals surface area contributed by atoms with E-state index >= 15 is 0 Å². The summed E-state index contributed by atoms with van der Waals surface area (Å²) in [6.45, 7) is 2.51. The Bertz CT molecular complexity index is 606. The van der Waals surface area contributed by atoms with E-state index in [4.69, 9.17) is 5.73 Å². The normalized spacial score (nSPS) is 12.1. The Hall–Kier alpha value is -1.03. The van der Waals surface area contributed by atoms with Gasteiger partial charge in [0.1, 0.15) is 0 Å². The molecule has 0 aliphatic heterocycles. The van der Waals surface area contributed by atoms with Gasteiger partial charge >= 0.3 is 0 Å². The predicted octanol–water partition coefficient (Wildman–Crippen LogP) is 1.39. The van der Waals surface area contributed by atoms with Crippen molar-refractivity contribution in [2.45, 2.75) is 17.8 Å². The summed E-state index contributed by atoms with van der Waals surface area (Å²) in [6.07, 6.45) is 0. The molecule has 0 saturated heterocycles. The predicted molar refractivity (Wildman–Crippen MR) is 71.9 cm³/mol. The van der Waals surface area contributed by atoms with Crippen LogP contribution in [0, 0.1) is 0 Å². The van der Waals surface area contributed by atoms with Gasteiger partial charge in [0.15, 0.2) is 0 Å². The highest BCUT2D eigenvalue weighted by Gasteiger charge is 2.27. The van der Waals surface area contributed by atoms with Crippen LogP contribution in [0.2, 0.25) is 0 Å². The minimum Gasteiger partial charge on any atom is -0.374 e. The molecule has 9 heteroatoms. The quantitative estimate of drug-likeness (QED) is 0.901. The largest absolute Gasteiger partial charge is 0.374 e. The second-order valence-electron chi connectivity index (χ2n) is 3.42. The minimum atomic E-state index is -3.60. The van der Waals surface area contributed by atoms with Gasteiger partial charge in [0.05, 0.1) is 0 Å². The molecule has 0 radical (unpaired) electrons. The van der Waals surface area contributed by atoms with Gasteiger partial charge in [-0.1, -0.05) is 24.3 Å². The standard InChI is InChI=1S/C9H12N4O2S3/c1-2-13(6-7-4-3-5-16-7)18(14,15)9-12-11-8(10)17-9/h3-5H,2,6H2,1H3,(H2,10,11). The van der Waals surface area contributed by atoms with Gasteiger partial charge in [-0.15, -0.1) is 21.5 Å². The number of thiophene rings is 1. The van der Waals surface area contributed by atoms with E-state index in [9.17, 15) is 8.42 Å². The minimum absolute atomic E-state index is 0.0570. The van der Waals surface area contributed by atoms with Crippen molar-refractivity contribution >= 4 is 37.8 Å². The van der Waals surface area contributed by atoms with Crippen LogP contribution in [0.25, 0.3) is 0 Å². The van der Waals surface area contributed by atoms with Crippen LogP contribution in [0.15, 0.2) is 21.9 Å². The zero-order chi connectivity index (χ0) is 13.2. The third-order valence-electron chi connectivity index (χ3n) is 2.25. The van der Waals surface area contributed by atoms with E-state index in [2.05, 4.69) is 10.2 Å². The molecule has 2 heterocycles. The average molecular weight is 304 g/mol. The van der Waals surface area contributed by atoms with Crippen LogP contribution < -0.4 is 5.73 Å². The first kappa shape index (κ1) is 13.4. The molecule has 0 saturated carbocycles. The maximum Gasteiger partial charge on any atom is 0.272 e. The Morgan fingerprint density at radius 1 is 1.44 bits per heavy atom. The Balaban J connectivity index is 2.26. The van der Waals surface area contributed by atoms with Crippen LogP contribution in [0.1, 0.15) is 11.8 Å². The SMILES string of the molecule is CCN(Cc1cccs1)S(=O)(=O)c1nnc(N)s1. The lowest BCUT2D eigenvalue weighted by molar-refractivity contribution is 0.425. The van der Waals surface area contributed by atoms with Gasteiger partial charge in [0, 0.05) is 18.0 Å². The van der Waals surface area contributed by atoms with Gasteiger partial charge in [-0.05, 0) is 11.4 Å². The molecule has 2 rings (SSSR count). The summed E-state index contributed by atoms with van der Waals surface area (Å²) < 4.78 is 25.9. The fraction of sp³-hybridized carbons (Fsp3) is 0.333. The summed E-state index contributed by atoms with van der Waals surface area (Å²) >= 11 is 2.40. The van der Waals surface area contributed by atoms with Gasteiger partial charge in [-0.2, -0.15) is 4.31 Å². The number of hydrogen-bond acceptors (Lipinski definition) is 7. The maximum atomic E-state index is 12.3. The fourth-order valence-corrected chi connectivity index (χ4v) is 4.53. The maximum absolute atomic E-state index is 12.3. The lowest BCUT2D eigenvalue weighted by Gasteiger charge is -2.17. The van der Waals surface area contributed by atoms with E-state index in [1.165, 1.54) is 15.6 Å². The van der Waals surface area contributed by atoms with Crippen LogP contribution in [-0.4, -0.2) is 29.5 Å². The van der Waals surface area contributed by atoms with Gasteiger partial charge in [-0.25, -0.2) is 8.42 Å². The van der Waals surface area contributed by atoms with Gasteiger partial charge in [-0.3, -0.25) is 0 Å². The van der Waals surface area contributed by atoms with Crippen molar-refractivity contribution in [2.24, 2.45) is 0 Å². The molecule has 2 aromatic rings. The molecule has 0 spiro atoms. The topological polar surface area (TPSA) is 89.2 Å². The van der Waals surface area contributed by atoms with Crippen LogP contribution in [0.5, 0.6) is 0 Å². The van der Waals surface area contributed by atoms with Crippen LogP contribution in [0.4, 0.5) is 5.13 Å². The molecule has 0 aliphatic rings. The van der Waals surface area contributed by atoms with Crippen molar-refractivity contribution in [2.75, 3.05) is 12.3 Å². The Morgan fingerprint density at radius 2 is 2.22 bits per heavy atom. The Labute approximate surface area is 113 Å². The first-order chi connectivity index (χ1) is 8.54. The molecular formula is C9H12N4O2S3. The summed E-state index contributed by atoms with van der Waals surface area (Å²) in [7, 11) is -3.60. The molecule has 18 heavy (non-hydrogen) atoms. The van der Waals surface area contributed by atoms with E-state index < -0.39 is 10.0 Å². The van der Waals surface area contributed by atoms with Crippen molar-refractivity contribution in [1.82, 2.24) is 14.5 Å². The van der Waals surface area contributed by atoms with Crippen molar-refractivity contribution in [3.63, 3.8) is 0 Å². The fourth-order valence-electron chi connectivity index (χ4n) is 1.38. The molecule has 2 N–H and O–H groups in total. The van der Waals surface area contributed by atoms with Crippen molar-refractivity contribution in [3.8, 4) is 0 Å². The number of rotatable bonds is 5. The molecule has 0 amide bonds. The summed E-state index contributed by atoms with van der Waals surface area (Å²) in [5.74, 6) is 0. The van der Waals surface area contributed by atoms with Crippen molar-refractivity contribution in [3.05, 3.63) is 22.4 Å². The summed E-state index contributed by atoms with van der Waals surface area (Å²) in [4.78, 5) is 0.984. The van der Waals surface area contributed by atoms with Crippen LogP contribution >= 0.6 is 22.7 Å². The third-order valence-corrected chi connectivity index (χ3v) is 6.13. The van der Waals surface area contributed by atoms with Crippen molar-refractivity contribution < 1.29 is 8.42 Å². The molecule has 0 aromatic carbocycles. The molecule has 0 fully saturated rings. The molecule has 2 aromatic heterocycles. The summed E-state index contributed by atoms with van der Waals surface area (Å²) in [5, 5.41) is 9.21. The zero-order valence-electron chi connectivity index (χ0n) is 9.61.